The Hall–Kier alpha value is -3.28. The number of hydrogen-bond acceptors (Lipinski definition) is 4. The summed E-state index contributed by atoms with van der Waals surface area (Å²) < 4.78 is 0. The molecule has 4 rings (SSSR count). The van der Waals surface area contributed by atoms with Crippen molar-refractivity contribution >= 4 is 11.6 Å². The predicted molar refractivity (Wildman–Crippen MR) is 85.9 cm³/mol. The van der Waals surface area contributed by atoms with Crippen molar-refractivity contribution in [2.24, 2.45) is 0 Å². The molecule has 23 heavy (non-hydrogen) atoms. The number of nitrogens with zero attached hydrogens (tertiary/aromatic N) is 1. The van der Waals surface area contributed by atoms with Crippen molar-refractivity contribution in [1.82, 2.24) is 15.5 Å². The molecule has 0 spiro atoms. The summed E-state index contributed by atoms with van der Waals surface area (Å²) in [6, 6.07) is 14.2. The summed E-state index contributed by atoms with van der Waals surface area (Å²) in [5, 5.41) is 19.6. The summed E-state index contributed by atoms with van der Waals surface area (Å²) in [4.78, 5) is 12.2. The summed E-state index contributed by atoms with van der Waals surface area (Å²) >= 11 is 0. The van der Waals surface area contributed by atoms with Gasteiger partial charge in [0.1, 0.15) is 11.4 Å². The first-order valence-electron chi connectivity index (χ1n) is 7.18. The molecule has 3 aromatic rings. The van der Waals surface area contributed by atoms with E-state index < -0.39 is 0 Å². The van der Waals surface area contributed by atoms with Gasteiger partial charge in [0.2, 0.25) is 0 Å². The van der Waals surface area contributed by atoms with Crippen LogP contribution in [-0.2, 0) is 0 Å². The normalized spacial score (nSPS) is 16.2. The molecule has 0 radical (unpaired) electrons. The Morgan fingerprint density at radius 2 is 1.91 bits per heavy atom. The Kier molecular flexibility index (Phi) is 2.84. The standard InChI is InChI=1S/C17H14N4O2/c18-11-8-10(6-7-12(11)22)14-13-15(9-4-2-1-3-5-9)20-21-16(13)17(23)19-14/h1-8,14,22H,18H2,(H,19,23)(H,20,21). The molecule has 2 aromatic carbocycles. The minimum atomic E-state index is -0.352. The van der Waals surface area contributed by atoms with E-state index in [1.807, 2.05) is 30.3 Å². The Labute approximate surface area is 132 Å². The van der Waals surface area contributed by atoms with Crippen molar-refractivity contribution in [3.8, 4) is 17.0 Å². The molecule has 0 bridgehead atoms. The van der Waals surface area contributed by atoms with Crippen molar-refractivity contribution < 1.29 is 9.90 Å². The minimum absolute atomic E-state index is 0.0220. The van der Waals surface area contributed by atoms with Crippen molar-refractivity contribution in [3.63, 3.8) is 0 Å². The number of aromatic amines is 1. The molecule has 114 valence electrons. The van der Waals surface area contributed by atoms with E-state index in [0.717, 1.165) is 22.4 Å². The second kappa shape index (κ2) is 4.88. The van der Waals surface area contributed by atoms with Crippen LogP contribution in [0.3, 0.4) is 0 Å². The monoisotopic (exact) mass is 306 g/mol. The highest BCUT2D eigenvalue weighted by Crippen LogP contribution is 2.38. The number of hydrogen-bond donors (Lipinski definition) is 4. The molecule has 0 saturated carbocycles. The zero-order valence-electron chi connectivity index (χ0n) is 12.1. The van der Waals surface area contributed by atoms with Gasteiger partial charge < -0.3 is 16.2 Å². The number of benzene rings is 2. The lowest BCUT2D eigenvalue weighted by atomic mass is 9.96. The van der Waals surface area contributed by atoms with Crippen molar-refractivity contribution in [1.29, 1.82) is 0 Å². The first-order chi connectivity index (χ1) is 11.1. The molecule has 0 aliphatic carbocycles. The largest absolute Gasteiger partial charge is 0.506 e. The first kappa shape index (κ1) is 13.4. The molecule has 1 unspecified atom stereocenters. The number of rotatable bonds is 2. The lowest BCUT2D eigenvalue weighted by Crippen LogP contribution is -2.21. The quantitative estimate of drug-likeness (QED) is 0.430. The van der Waals surface area contributed by atoms with Crippen molar-refractivity contribution in [3.05, 3.63) is 65.4 Å². The molecule has 0 saturated heterocycles. The number of H-pyrrole nitrogens is 1. The number of nitrogen functional groups attached to an aromatic ring is 1. The van der Waals surface area contributed by atoms with E-state index in [0.29, 0.717) is 5.69 Å². The Bertz CT molecular complexity index is 902. The van der Waals surface area contributed by atoms with E-state index >= 15 is 0 Å². The molecule has 1 aliphatic heterocycles. The molecule has 1 aliphatic rings. The van der Waals surface area contributed by atoms with Crippen LogP contribution in [-0.4, -0.2) is 21.2 Å². The maximum Gasteiger partial charge on any atom is 0.270 e. The minimum Gasteiger partial charge on any atom is -0.506 e. The highest BCUT2D eigenvalue weighted by atomic mass is 16.3. The van der Waals surface area contributed by atoms with Crippen LogP contribution < -0.4 is 11.1 Å². The zero-order chi connectivity index (χ0) is 16.0. The van der Waals surface area contributed by atoms with Crippen LogP contribution in [0.25, 0.3) is 11.3 Å². The maximum absolute atomic E-state index is 12.2. The van der Waals surface area contributed by atoms with Gasteiger partial charge in [-0.2, -0.15) is 5.10 Å². The van der Waals surface area contributed by atoms with E-state index in [1.165, 1.54) is 6.07 Å². The number of nitrogens with two attached hydrogens (primary N) is 1. The highest BCUT2D eigenvalue weighted by molar-refractivity contribution is 6.00. The van der Waals surface area contributed by atoms with E-state index in [-0.39, 0.29) is 23.4 Å². The molecule has 6 nitrogen and oxygen atoms in total. The third kappa shape index (κ3) is 2.03. The van der Waals surface area contributed by atoms with Crippen LogP contribution in [0, 0.1) is 0 Å². The molecule has 0 fully saturated rings. The lowest BCUT2D eigenvalue weighted by molar-refractivity contribution is 0.0955. The van der Waals surface area contributed by atoms with Crippen LogP contribution in [0.4, 0.5) is 5.69 Å². The Balaban J connectivity index is 1.87. The third-order valence-corrected chi connectivity index (χ3v) is 4.03. The van der Waals surface area contributed by atoms with Gasteiger partial charge in [0.15, 0.2) is 0 Å². The van der Waals surface area contributed by atoms with Gasteiger partial charge in [-0.3, -0.25) is 9.89 Å². The fourth-order valence-corrected chi connectivity index (χ4v) is 2.90. The van der Waals surface area contributed by atoms with Gasteiger partial charge in [-0.25, -0.2) is 0 Å². The van der Waals surface area contributed by atoms with Gasteiger partial charge in [0.25, 0.3) is 5.91 Å². The van der Waals surface area contributed by atoms with E-state index in [1.54, 1.807) is 12.1 Å². The summed E-state index contributed by atoms with van der Waals surface area (Å²) in [6.07, 6.45) is 0. The van der Waals surface area contributed by atoms with Crippen LogP contribution in [0.1, 0.15) is 27.7 Å². The number of aromatic nitrogens is 2. The molecule has 6 heteroatoms. The second-order valence-electron chi connectivity index (χ2n) is 5.45. The zero-order valence-corrected chi connectivity index (χ0v) is 12.1. The smallest absolute Gasteiger partial charge is 0.270 e. The average Bonchev–Trinajstić information content (AvgIpc) is 3.13. The number of carbonyl (C=O) groups is 1. The summed E-state index contributed by atoms with van der Waals surface area (Å²) in [5.74, 6) is -0.180. The number of phenolic OH excluding ortho intramolecular Hbond substituents is 1. The predicted octanol–water partition coefficient (Wildman–Crippen LogP) is 2.20. The topological polar surface area (TPSA) is 104 Å². The van der Waals surface area contributed by atoms with E-state index in [2.05, 4.69) is 15.5 Å². The van der Waals surface area contributed by atoms with Gasteiger partial charge in [-0.1, -0.05) is 36.4 Å². The second-order valence-corrected chi connectivity index (χ2v) is 5.45. The molecule has 1 atom stereocenters. The van der Waals surface area contributed by atoms with Crippen molar-refractivity contribution in [2.45, 2.75) is 6.04 Å². The Morgan fingerprint density at radius 3 is 2.65 bits per heavy atom. The van der Waals surface area contributed by atoms with Crippen LogP contribution in [0.2, 0.25) is 0 Å². The van der Waals surface area contributed by atoms with Crippen LogP contribution in [0.15, 0.2) is 48.5 Å². The van der Waals surface area contributed by atoms with Gasteiger partial charge >= 0.3 is 0 Å². The number of fused-ring (bicyclic) bond motifs is 1. The first-order valence-corrected chi connectivity index (χ1v) is 7.18. The number of nitrogens with one attached hydrogen (secondary N) is 2. The number of amides is 1. The Morgan fingerprint density at radius 1 is 1.13 bits per heavy atom. The maximum atomic E-state index is 12.2. The number of anilines is 1. The van der Waals surface area contributed by atoms with Gasteiger partial charge in [0.05, 0.1) is 17.4 Å². The fourth-order valence-electron chi connectivity index (χ4n) is 2.90. The summed E-state index contributed by atoms with van der Waals surface area (Å²) in [5.41, 5.74) is 9.77. The van der Waals surface area contributed by atoms with Gasteiger partial charge in [0, 0.05) is 11.1 Å². The van der Waals surface area contributed by atoms with Crippen LogP contribution >= 0.6 is 0 Å². The van der Waals surface area contributed by atoms with E-state index in [9.17, 15) is 9.90 Å². The molecule has 1 amide bonds. The third-order valence-electron chi connectivity index (χ3n) is 4.03. The van der Waals surface area contributed by atoms with Crippen LogP contribution in [0.5, 0.6) is 5.75 Å². The molecular formula is C17H14N4O2. The van der Waals surface area contributed by atoms with Crippen molar-refractivity contribution in [2.75, 3.05) is 5.73 Å². The molecule has 2 heterocycles. The number of phenols is 1. The van der Waals surface area contributed by atoms with Gasteiger partial charge in [-0.05, 0) is 17.7 Å². The lowest BCUT2D eigenvalue weighted by Gasteiger charge is -2.14. The SMILES string of the molecule is Nc1cc(C2NC(=O)c3[nH]nc(-c4ccccc4)c32)ccc1O. The van der Waals surface area contributed by atoms with Gasteiger partial charge in [-0.15, -0.1) is 0 Å². The highest BCUT2D eigenvalue weighted by Gasteiger charge is 2.35. The number of aromatic hydroxyl groups is 1. The molecular weight excluding hydrogens is 292 g/mol. The molecule has 5 N–H and O–H groups in total. The fraction of sp³-hybridized carbons (Fsp3) is 0.0588. The summed E-state index contributed by atoms with van der Waals surface area (Å²) in [7, 11) is 0. The summed E-state index contributed by atoms with van der Waals surface area (Å²) in [6.45, 7) is 0. The number of carbonyl (C=O) groups excluding carboxylic acids is 1. The average molecular weight is 306 g/mol. The van der Waals surface area contributed by atoms with E-state index in [4.69, 9.17) is 5.73 Å². The molecule has 1 aromatic heterocycles.